The molecule has 1 aromatic carbocycles. The minimum atomic E-state index is 0. The van der Waals surface area contributed by atoms with Crippen LogP contribution in [0.3, 0.4) is 0 Å². The number of carbonyl (C=O) groups is 1. The van der Waals surface area contributed by atoms with Gasteiger partial charge in [0.05, 0.1) is 0 Å². The van der Waals surface area contributed by atoms with Crippen molar-refractivity contribution < 1.29 is 4.79 Å². The normalized spacial score (nSPS) is 18.6. The summed E-state index contributed by atoms with van der Waals surface area (Å²) >= 11 is 0. The first kappa shape index (κ1) is 17.0. The number of hydrogen-bond acceptors (Lipinski definition) is 2. The minimum absolute atomic E-state index is 0. The summed E-state index contributed by atoms with van der Waals surface area (Å²) in [4.78, 5) is 14.7. The molecular weight excluding hydrogens is 272 g/mol. The molecule has 1 unspecified atom stereocenters. The van der Waals surface area contributed by atoms with Gasteiger partial charge >= 0.3 is 0 Å². The second-order valence-electron chi connectivity index (χ2n) is 5.54. The van der Waals surface area contributed by atoms with Crippen LogP contribution in [-0.4, -0.2) is 29.9 Å². The van der Waals surface area contributed by atoms with Crippen LogP contribution in [0.5, 0.6) is 0 Å². The Morgan fingerprint density at radius 3 is 2.75 bits per heavy atom. The number of halogens is 1. The summed E-state index contributed by atoms with van der Waals surface area (Å²) in [5, 5.41) is 0. The van der Waals surface area contributed by atoms with Crippen LogP contribution in [0.1, 0.15) is 47.2 Å². The van der Waals surface area contributed by atoms with Crippen molar-refractivity contribution in [2.75, 3.05) is 13.1 Å². The predicted octanol–water partition coefficient (Wildman–Crippen LogP) is 3.07. The number of amides is 1. The van der Waals surface area contributed by atoms with Gasteiger partial charge in [0.2, 0.25) is 0 Å². The topological polar surface area (TPSA) is 46.3 Å². The lowest BCUT2D eigenvalue weighted by atomic mass is 9.97. The van der Waals surface area contributed by atoms with Crippen LogP contribution in [0.25, 0.3) is 0 Å². The van der Waals surface area contributed by atoms with Crippen LogP contribution in [0, 0.1) is 13.8 Å². The van der Waals surface area contributed by atoms with Crippen molar-refractivity contribution in [3.8, 4) is 0 Å². The quantitative estimate of drug-likeness (QED) is 0.932. The zero-order valence-electron chi connectivity index (χ0n) is 12.4. The maximum Gasteiger partial charge on any atom is 0.254 e. The van der Waals surface area contributed by atoms with Gasteiger partial charge < -0.3 is 10.6 Å². The molecule has 0 bridgehead atoms. The zero-order valence-corrected chi connectivity index (χ0v) is 13.2. The van der Waals surface area contributed by atoms with Crippen molar-refractivity contribution in [1.82, 2.24) is 4.90 Å². The smallest absolute Gasteiger partial charge is 0.254 e. The average molecular weight is 297 g/mol. The number of aryl methyl sites for hydroxylation is 2. The van der Waals surface area contributed by atoms with Crippen LogP contribution < -0.4 is 5.73 Å². The van der Waals surface area contributed by atoms with E-state index in [1.165, 1.54) is 12.0 Å². The van der Waals surface area contributed by atoms with Gasteiger partial charge in [0.1, 0.15) is 0 Å². The number of likely N-dealkylation sites (tertiary alicyclic amines) is 1. The largest absolute Gasteiger partial charge is 0.336 e. The fourth-order valence-electron chi connectivity index (χ4n) is 2.97. The average Bonchev–Trinajstić information content (AvgIpc) is 2.39. The summed E-state index contributed by atoms with van der Waals surface area (Å²) in [6.45, 7) is 5.60. The Kier molecular flexibility index (Phi) is 6.50. The Hall–Kier alpha value is -1.06. The minimum Gasteiger partial charge on any atom is -0.336 e. The maximum atomic E-state index is 12.7. The van der Waals surface area contributed by atoms with E-state index in [0.717, 1.165) is 36.9 Å². The number of benzene rings is 1. The van der Waals surface area contributed by atoms with Crippen molar-refractivity contribution in [3.05, 3.63) is 34.9 Å². The Labute approximate surface area is 127 Å². The monoisotopic (exact) mass is 296 g/mol. The number of carbonyl (C=O) groups excluding carboxylic acids is 1. The van der Waals surface area contributed by atoms with Gasteiger partial charge in [-0.1, -0.05) is 17.7 Å². The SMILES string of the molecule is Cc1ccc(C(=O)N2CCCCC2CCN)c(C)c1.Cl. The van der Waals surface area contributed by atoms with E-state index >= 15 is 0 Å². The third kappa shape index (κ3) is 3.74. The molecule has 2 rings (SSSR count). The third-order valence-corrected chi connectivity index (χ3v) is 4.00. The van der Waals surface area contributed by atoms with Gasteiger partial charge in [-0.3, -0.25) is 4.79 Å². The van der Waals surface area contributed by atoms with Crippen LogP contribution in [-0.2, 0) is 0 Å². The maximum absolute atomic E-state index is 12.7. The molecule has 1 amide bonds. The highest BCUT2D eigenvalue weighted by Crippen LogP contribution is 2.23. The number of hydrogen-bond donors (Lipinski definition) is 1. The Bertz CT molecular complexity index is 460. The van der Waals surface area contributed by atoms with E-state index in [1.807, 2.05) is 24.0 Å². The summed E-state index contributed by atoms with van der Waals surface area (Å²) < 4.78 is 0. The summed E-state index contributed by atoms with van der Waals surface area (Å²) in [6.07, 6.45) is 4.32. The molecule has 0 radical (unpaired) electrons. The van der Waals surface area contributed by atoms with E-state index in [-0.39, 0.29) is 18.3 Å². The van der Waals surface area contributed by atoms with E-state index < -0.39 is 0 Å². The molecule has 3 nitrogen and oxygen atoms in total. The molecule has 4 heteroatoms. The Balaban J connectivity index is 0.00000200. The van der Waals surface area contributed by atoms with Crippen molar-refractivity contribution in [2.24, 2.45) is 5.73 Å². The van der Waals surface area contributed by atoms with E-state index in [1.54, 1.807) is 0 Å². The fourth-order valence-corrected chi connectivity index (χ4v) is 2.97. The van der Waals surface area contributed by atoms with Gasteiger partial charge in [0, 0.05) is 18.2 Å². The molecule has 112 valence electrons. The van der Waals surface area contributed by atoms with E-state index in [0.29, 0.717) is 12.6 Å². The summed E-state index contributed by atoms with van der Waals surface area (Å²) in [5.41, 5.74) is 8.79. The number of rotatable bonds is 3. The van der Waals surface area contributed by atoms with Gasteiger partial charge in [0.25, 0.3) is 5.91 Å². The number of nitrogens with zero attached hydrogens (tertiary/aromatic N) is 1. The van der Waals surface area contributed by atoms with Gasteiger partial charge in [0.15, 0.2) is 0 Å². The van der Waals surface area contributed by atoms with Gasteiger partial charge in [-0.2, -0.15) is 0 Å². The summed E-state index contributed by atoms with van der Waals surface area (Å²) in [7, 11) is 0. The molecule has 0 aromatic heterocycles. The van der Waals surface area contributed by atoms with Crippen LogP contribution >= 0.6 is 12.4 Å². The van der Waals surface area contributed by atoms with E-state index in [2.05, 4.69) is 13.0 Å². The van der Waals surface area contributed by atoms with Gasteiger partial charge in [-0.25, -0.2) is 0 Å². The first-order chi connectivity index (χ1) is 9.13. The molecule has 0 saturated carbocycles. The van der Waals surface area contributed by atoms with E-state index in [9.17, 15) is 4.79 Å². The molecule has 1 fully saturated rings. The van der Waals surface area contributed by atoms with Crippen molar-refractivity contribution in [2.45, 2.75) is 45.6 Å². The lowest BCUT2D eigenvalue weighted by Crippen LogP contribution is -2.44. The Morgan fingerprint density at radius 1 is 1.35 bits per heavy atom. The van der Waals surface area contributed by atoms with Crippen molar-refractivity contribution >= 4 is 18.3 Å². The zero-order chi connectivity index (χ0) is 13.8. The van der Waals surface area contributed by atoms with Gasteiger partial charge in [-0.05, 0) is 57.7 Å². The lowest BCUT2D eigenvalue weighted by molar-refractivity contribution is 0.0604. The lowest BCUT2D eigenvalue weighted by Gasteiger charge is -2.36. The highest BCUT2D eigenvalue weighted by Gasteiger charge is 2.27. The summed E-state index contributed by atoms with van der Waals surface area (Å²) in [6, 6.07) is 6.38. The molecule has 0 aliphatic carbocycles. The first-order valence-corrected chi connectivity index (χ1v) is 7.21. The molecular formula is C16H25ClN2O. The van der Waals surface area contributed by atoms with E-state index in [4.69, 9.17) is 5.73 Å². The molecule has 20 heavy (non-hydrogen) atoms. The Morgan fingerprint density at radius 2 is 2.10 bits per heavy atom. The number of nitrogens with two attached hydrogens (primary N) is 1. The molecule has 1 aliphatic rings. The first-order valence-electron chi connectivity index (χ1n) is 7.21. The third-order valence-electron chi connectivity index (χ3n) is 4.00. The highest BCUT2D eigenvalue weighted by atomic mass is 35.5. The standard InChI is InChI=1S/C16H24N2O.ClH/c1-12-6-7-15(13(2)11-12)16(19)18-10-4-3-5-14(18)8-9-17;/h6-7,11,14H,3-5,8-10,17H2,1-2H3;1H. The summed E-state index contributed by atoms with van der Waals surface area (Å²) in [5.74, 6) is 0.177. The van der Waals surface area contributed by atoms with Crippen LogP contribution in [0.2, 0.25) is 0 Å². The molecule has 1 aliphatic heterocycles. The van der Waals surface area contributed by atoms with Crippen LogP contribution in [0.15, 0.2) is 18.2 Å². The van der Waals surface area contributed by atoms with Crippen molar-refractivity contribution in [1.29, 1.82) is 0 Å². The molecule has 1 heterocycles. The molecule has 1 aromatic rings. The second-order valence-corrected chi connectivity index (χ2v) is 5.54. The molecule has 2 N–H and O–H groups in total. The highest BCUT2D eigenvalue weighted by molar-refractivity contribution is 5.96. The van der Waals surface area contributed by atoms with Crippen molar-refractivity contribution in [3.63, 3.8) is 0 Å². The predicted molar refractivity (Wildman–Crippen MR) is 85.5 cm³/mol. The molecule has 1 saturated heterocycles. The molecule has 0 spiro atoms. The van der Waals surface area contributed by atoms with Gasteiger partial charge in [-0.15, -0.1) is 12.4 Å². The second kappa shape index (κ2) is 7.65. The number of piperidine rings is 1. The van der Waals surface area contributed by atoms with Crippen LogP contribution in [0.4, 0.5) is 0 Å². The molecule has 1 atom stereocenters. The fraction of sp³-hybridized carbons (Fsp3) is 0.562.